The molecular weight excluding hydrogens is 237 g/mol. The molecule has 2 aromatic rings. The van der Waals surface area contributed by atoms with Gasteiger partial charge in [0.25, 0.3) is 0 Å². The number of aromatic nitrogens is 1. The maximum Gasteiger partial charge on any atom is 0.176 e. The second-order valence-electron chi connectivity index (χ2n) is 3.36. The first-order chi connectivity index (χ1) is 8.27. The fraction of sp³-hybridized carbons (Fsp3) is 0.0769. The van der Waals surface area contributed by atoms with E-state index in [1.807, 2.05) is 18.2 Å². The maximum atomic E-state index is 13.3. The minimum atomic E-state index is -0.473. The summed E-state index contributed by atoms with van der Waals surface area (Å²) in [6.45, 7) is 0. The van der Waals surface area contributed by atoms with E-state index >= 15 is 0 Å². The standard InChI is InChI=1S/C13H10FNOS/c14-11-6-2-1-5-10(11)12(16)9-17-13-7-3-4-8-15-13/h1-8H,9H2. The highest BCUT2D eigenvalue weighted by Crippen LogP contribution is 2.17. The van der Waals surface area contributed by atoms with Gasteiger partial charge in [-0.25, -0.2) is 9.37 Å². The number of nitrogens with zero attached hydrogens (tertiary/aromatic N) is 1. The largest absolute Gasteiger partial charge is 0.293 e. The van der Waals surface area contributed by atoms with Crippen LogP contribution in [0.25, 0.3) is 0 Å². The van der Waals surface area contributed by atoms with Crippen LogP contribution in [0.2, 0.25) is 0 Å². The lowest BCUT2D eigenvalue weighted by atomic mass is 10.1. The number of pyridine rings is 1. The number of ketones is 1. The first kappa shape index (κ1) is 11.8. The molecule has 0 fully saturated rings. The monoisotopic (exact) mass is 247 g/mol. The first-order valence-corrected chi connectivity index (χ1v) is 6.07. The van der Waals surface area contributed by atoms with Crippen LogP contribution in [-0.2, 0) is 0 Å². The van der Waals surface area contributed by atoms with Crippen LogP contribution in [0.15, 0.2) is 53.7 Å². The summed E-state index contributed by atoms with van der Waals surface area (Å²) < 4.78 is 13.3. The molecule has 1 aromatic carbocycles. The minimum absolute atomic E-state index is 0.135. The van der Waals surface area contributed by atoms with Crippen molar-refractivity contribution in [2.24, 2.45) is 0 Å². The molecule has 0 radical (unpaired) electrons. The van der Waals surface area contributed by atoms with E-state index in [9.17, 15) is 9.18 Å². The SMILES string of the molecule is O=C(CSc1ccccn1)c1ccccc1F. The minimum Gasteiger partial charge on any atom is -0.293 e. The summed E-state index contributed by atoms with van der Waals surface area (Å²) in [4.78, 5) is 15.8. The second-order valence-corrected chi connectivity index (χ2v) is 4.36. The van der Waals surface area contributed by atoms with E-state index in [1.165, 1.54) is 23.9 Å². The summed E-state index contributed by atoms with van der Waals surface area (Å²) >= 11 is 1.30. The average Bonchev–Trinajstić information content (AvgIpc) is 2.38. The lowest BCUT2D eigenvalue weighted by Crippen LogP contribution is -2.05. The topological polar surface area (TPSA) is 30.0 Å². The van der Waals surface area contributed by atoms with Crippen molar-refractivity contribution in [2.75, 3.05) is 5.75 Å². The van der Waals surface area contributed by atoms with Crippen LogP contribution in [0.4, 0.5) is 4.39 Å². The van der Waals surface area contributed by atoms with E-state index in [4.69, 9.17) is 0 Å². The number of halogens is 1. The van der Waals surface area contributed by atoms with Gasteiger partial charge in [-0.3, -0.25) is 4.79 Å². The van der Waals surface area contributed by atoms with Crippen LogP contribution in [0, 0.1) is 5.82 Å². The molecule has 0 N–H and O–H groups in total. The van der Waals surface area contributed by atoms with Gasteiger partial charge in [0.1, 0.15) is 5.82 Å². The number of hydrogen-bond donors (Lipinski definition) is 0. The molecule has 0 unspecified atom stereocenters. The van der Waals surface area contributed by atoms with Crippen molar-refractivity contribution in [2.45, 2.75) is 5.03 Å². The Kier molecular flexibility index (Phi) is 3.88. The van der Waals surface area contributed by atoms with E-state index in [1.54, 1.807) is 18.3 Å². The molecule has 0 spiro atoms. The average molecular weight is 247 g/mol. The number of hydrogen-bond acceptors (Lipinski definition) is 3. The molecule has 2 nitrogen and oxygen atoms in total. The van der Waals surface area contributed by atoms with Crippen LogP contribution in [0.1, 0.15) is 10.4 Å². The smallest absolute Gasteiger partial charge is 0.176 e. The van der Waals surface area contributed by atoms with Gasteiger partial charge in [0.15, 0.2) is 5.78 Å². The fourth-order valence-corrected chi connectivity index (χ4v) is 2.08. The fourth-order valence-electron chi connectivity index (χ4n) is 1.34. The maximum absolute atomic E-state index is 13.3. The molecule has 0 atom stereocenters. The number of rotatable bonds is 4. The van der Waals surface area contributed by atoms with Gasteiger partial charge in [-0.1, -0.05) is 30.0 Å². The predicted octanol–water partition coefficient (Wildman–Crippen LogP) is 3.20. The van der Waals surface area contributed by atoms with Crippen molar-refractivity contribution in [3.63, 3.8) is 0 Å². The van der Waals surface area contributed by atoms with Crippen molar-refractivity contribution in [1.29, 1.82) is 0 Å². The molecule has 0 amide bonds. The summed E-state index contributed by atoms with van der Waals surface area (Å²) in [5.74, 6) is -0.504. The number of benzene rings is 1. The van der Waals surface area contributed by atoms with Gasteiger partial charge in [-0.2, -0.15) is 0 Å². The summed E-state index contributed by atoms with van der Waals surface area (Å²) in [6.07, 6.45) is 1.66. The molecular formula is C13H10FNOS. The Balaban J connectivity index is 2.01. The molecule has 0 bridgehead atoms. The quantitative estimate of drug-likeness (QED) is 0.614. The molecule has 0 saturated carbocycles. The Bertz CT molecular complexity index is 516. The lowest BCUT2D eigenvalue weighted by molar-refractivity contribution is 0.101. The molecule has 0 aliphatic rings. The molecule has 86 valence electrons. The number of carbonyl (C=O) groups excluding carboxylic acids is 1. The summed E-state index contributed by atoms with van der Waals surface area (Å²) in [5.41, 5.74) is 0.135. The number of thioether (sulfide) groups is 1. The summed E-state index contributed by atoms with van der Waals surface area (Å²) in [6, 6.07) is 11.5. The predicted molar refractivity (Wildman–Crippen MR) is 65.7 cm³/mol. The van der Waals surface area contributed by atoms with Gasteiger partial charge in [0.05, 0.1) is 16.3 Å². The zero-order valence-electron chi connectivity index (χ0n) is 8.97. The Hall–Kier alpha value is -1.68. The zero-order chi connectivity index (χ0) is 12.1. The highest BCUT2D eigenvalue weighted by atomic mass is 32.2. The lowest BCUT2D eigenvalue weighted by Gasteiger charge is -2.01. The Morgan fingerprint density at radius 1 is 1.18 bits per heavy atom. The van der Waals surface area contributed by atoms with E-state index in [-0.39, 0.29) is 17.1 Å². The number of Topliss-reactive ketones (excluding diaryl/α,β-unsaturated/α-hetero) is 1. The normalized spacial score (nSPS) is 10.2. The third-order valence-corrected chi connectivity index (χ3v) is 3.11. The van der Waals surface area contributed by atoms with Crippen LogP contribution in [0.5, 0.6) is 0 Å². The molecule has 0 aliphatic carbocycles. The van der Waals surface area contributed by atoms with Crippen molar-refractivity contribution < 1.29 is 9.18 Å². The molecule has 1 aromatic heterocycles. The van der Waals surface area contributed by atoms with Crippen molar-refractivity contribution in [3.8, 4) is 0 Å². The van der Waals surface area contributed by atoms with Gasteiger partial charge in [-0.15, -0.1) is 0 Å². The molecule has 1 heterocycles. The van der Waals surface area contributed by atoms with Crippen LogP contribution in [-0.4, -0.2) is 16.5 Å². The van der Waals surface area contributed by atoms with E-state index in [2.05, 4.69) is 4.98 Å². The van der Waals surface area contributed by atoms with Crippen molar-refractivity contribution >= 4 is 17.5 Å². The zero-order valence-corrected chi connectivity index (χ0v) is 9.78. The van der Waals surface area contributed by atoms with Crippen molar-refractivity contribution in [1.82, 2.24) is 4.98 Å². The Morgan fingerprint density at radius 2 is 1.94 bits per heavy atom. The molecule has 2 rings (SSSR count). The third-order valence-electron chi connectivity index (χ3n) is 2.16. The summed E-state index contributed by atoms with van der Waals surface area (Å²) in [7, 11) is 0. The highest BCUT2D eigenvalue weighted by molar-refractivity contribution is 7.99. The van der Waals surface area contributed by atoms with Gasteiger partial charge in [-0.05, 0) is 24.3 Å². The molecule has 4 heteroatoms. The van der Waals surface area contributed by atoms with E-state index in [0.717, 1.165) is 5.03 Å². The number of carbonyl (C=O) groups is 1. The van der Waals surface area contributed by atoms with Crippen LogP contribution >= 0.6 is 11.8 Å². The molecule has 17 heavy (non-hydrogen) atoms. The first-order valence-electron chi connectivity index (χ1n) is 5.09. The highest BCUT2D eigenvalue weighted by Gasteiger charge is 2.11. The Morgan fingerprint density at radius 3 is 2.65 bits per heavy atom. The van der Waals surface area contributed by atoms with Crippen molar-refractivity contribution in [3.05, 3.63) is 60.0 Å². The van der Waals surface area contributed by atoms with E-state index in [0.29, 0.717) is 0 Å². The van der Waals surface area contributed by atoms with Gasteiger partial charge >= 0.3 is 0 Å². The van der Waals surface area contributed by atoms with Crippen LogP contribution in [0.3, 0.4) is 0 Å². The Labute approximate surface area is 103 Å². The van der Waals surface area contributed by atoms with E-state index < -0.39 is 5.82 Å². The van der Waals surface area contributed by atoms with Gasteiger partial charge in [0, 0.05) is 6.20 Å². The summed E-state index contributed by atoms with van der Waals surface area (Å²) in [5, 5.41) is 0.761. The van der Waals surface area contributed by atoms with Gasteiger partial charge in [0.2, 0.25) is 0 Å². The molecule has 0 saturated heterocycles. The third kappa shape index (κ3) is 3.14. The van der Waals surface area contributed by atoms with Gasteiger partial charge < -0.3 is 0 Å². The van der Waals surface area contributed by atoms with Crippen LogP contribution < -0.4 is 0 Å². The second kappa shape index (κ2) is 5.59. The molecule has 0 aliphatic heterocycles.